The van der Waals surface area contributed by atoms with Crippen molar-refractivity contribution in [1.82, 2.24) is 15.1 Å². The number of rotatable bonds is 3. The number of nitrogens with zero attached hydrogens (tertiary/aromatic N) is 4. The first-order valence-electron chi connectivity index (χ1n) is 10.0. The highest BCUT2D eigenvalue weighted by atomic mass is 35.5. The van der Waals surface area contributed by atoms with Gasteiger partial charge in [-0.3, -0.25) is 0 Å². The molecule has 2 aliphatic carbocycles. The minimum absolute atomic E-state index is 0.0127. The topological polar surface area (TPSA) is 95.0 Å². The molecule has 3 fully saturated rings. The van der Waals surface area contributed by atoms with Crippen LogP contribution < -0.4 is 5.32 Å². The number of benzene rings is 1. The van der Waals surface area contributed by atoms with Crippen molar-refractivity contribution in [3.8, 4) is 6.07 Å². The van der Waals surface area contributed by atoms with E-state index in [-0.39, 0.29) is 23.9 Å². The van der Waals surface area contributed by atoms with Crippen LogP contribution in [-0.4, -0.2) is 27.2 Å². The lowest BCUT2D eigenvalue weighted by atomic mass is 9.64. The van der Waals surface area contributed by atoms with E-state index in [4.69, 9.17) is 21.3 Å². The summed E-state index contributed by atoms with van der Waals surface area (Å²) >= 11 is 6.33. The Labute approximate surface area is 174 Å². The summed E-state index contributed by atoms with van der Waals surface area (Å²) < 4.78 is 5.75. The molecule has 2 heterocycles. The number of anilines is 1. The maximum Gasteiger partial charge on any atom is 0.322 e. The number of aryl methyl sites for hydroxylation is 1. The molecule has 150 valence electrons. The number of halogens is 1. The molecule has 1 aromatic carbocycles. The lowest BCUT2D eigenvalue weighted by Crippen LogP contribution is -2.70. The third-order valence-corrected chi connectivity index (χ3v) is 6.85. The summed E-state index contributed by atoms with van der Waals surface area (Å²) in [5.74, 6) is 1.69. The molecule has 2 bridgehead atoms. The Bertz CT molecular complexity index is 1030. The summed E-state index contributed by atoms with van der Waals surface area (Å²) in [6.07, 6.45) is 3.46. The maximum absolute atomic E-state index is 13.2. The molecule has 5 unspecified atom stereocenters. The highest BCUT2D eigenvalue weighted by Gasteiger charge is 2.62. The number of likely N-dealkylation sites (tertiary alicyclic amines) is 1. The van der Waals surface area contributed by atoms with Gasteiger partial charge >= 0.3 is 6.03 Å². The van der Waals surface area contributed by atoms with E-state index in [0.29, 0.717) is 28.4 Å². The molecule has 1 aliphatic heterocycles. The fourth-order valence-electron chi connectivity index (χ4n) is 5.20. The minimum Gasteiger partial charge on any atom is -0.423 e. The molecule has 2 amide bonds. The number of hydrogen-bond donors (Lipinski definition) is 1. The molecule has 5 atom stereocenters. The predicted octanol–water partition coefficient (Wildman–Crippen LogP) is 4.59. The third-order valence-electron chi connectivity index (χ3n) is 6.51. The second-order valence-electron chi connectivity index (χ2n) is 8.67. The van der Waals surface area contributed by atoms with Crippen LogP contribution in [0.3, 0.4) is 0 Å². The van der Waals surface area contributed by atoms with Gasteiger partial charge in [-0.1, -0.05) is 18.5 Å². The summed E-state index contributed by atoms with van der Waals surface area (Å²) in [6.45, 7) is 3.97. The van der Waals surface area contributed by atoms with Crippen molar-refractivity contribution < 1.29 is 9.21 Å². The number of fused-ring (bicyclic) bond motifs is 2. The summed E-state index contributed by atoms with van der Waals surface area (Å²) in [5.41, 5.74) is 1.09. The summed E-state index contributed by atoms with van der Waals surface area (Å²) in [4.78, 5) is 15.1. The monoisotopic (exact) mass is 411 g/mol. The van der Waals surface area contributed by atoms with Gasteiger partial charge in [0.2, 0.25) is 11.8 Å². The molecule has 2 saturated carbocycles. The van der Waals surface area contributed by atoms with Crippen molar-refractivity contribution in [3.63, 3.8) is 0 Å². The largest absolute Gasteiger partial charge is 0.423 e. The Balaban J connectivity index is 1.40. The number of urea groups is 1. The summed E-state index contributed by atoms with van der Waals surface area (Å²) in [7, 11) is 0. The Hall–Kier alpha value is -2.59. The van der Waals surface area contributed by atoms with Crippen LogP contribution in [0.1, 0.15) is 55.9 Å². The first-order chi connectivity index (χ1) is 13.9. The van der Waals surface area contributed by atoms with E-state index in [0.717, 1.165) is 31.2 Å². The highest BCUT2D eigenvalue weighted by Crippen LogP contribution is 2.55. The lowest BCUT2D eigenvalue weighted by molar-refractivity contribution is -0.110. The van der Waals surface area contributed by atoms with Gasteiger partial charge in [-0.15, -0.1) is 10.2 Å². The van der Waals surface area contributed by atoms with Crippen LogP contribution in [0.15, 0.2) is 22.6 Å². The van der Waals surface area contributed by atoms with Crippen LogP contribution >= 0.6 is 11.6 Å². The molecule has 7 nitrogen and oxygen atoms in total. The van der Waals surface area contributed by atoms with Gasteiger partial charge in [0.1, 0.15) is 5.54 Å². The number of nitrogens with one attached hydrogen (secondary N) is 1. The zero-order valence-corrected chi connectivity index (χ0v) is 17.1. The van der Waals surface area contributed by atoms with E-state index >= 15 is 0 Å². The lowest BCUT2D eigenvalue weighted by Gasteiger charge is -2.61. The molecule has 5 rings (SSSR count). The second kappa shape index (κ2) is 6.46. The Morgan fingerprint density at radius 3 is 2.90 bits per heavy atom. The van der Waals surface area contributed by atoms with Gasteiger partial charge < -0.3 is 14.6 Å². The summed E-state index contributed by atoms with van der Waals surface area (Å²) in [6, 6.07) is 7.78. The third kappa shape index (κ3) is 2.89. The SMILES string of the molecule is Cc1nnc(C23CC(C)CC(C2)N3C(=O)Nc2ccc(Cl)c(C3CC3C#N)c2)o1. The average Bonchev–Trinajstić information content (AvgIpc) is 3.33. The van der Waals surface area contributed by atoms with Crippen molar-refractivity contribution >= 4 is 23.3 Å². The fourth-order valence-corrected chi connectivity index (χ4v) is 5.46. The number of carbonyl (C=O) groups is 1. The van der Waals surface area contributed by atoms with E-state index in [9.17, 15) is 4.79 Å². The Morgan fingerprint density at radius 2 is 2.21 bits per heavy atom. The molecule has 0 spiro atoms. The van der Waals surface area contributed by atoms with Gasteiger partial charge in [-0.05, 0) is 48.9 Å². The molecule has 1 saturated heterocycles. The van der Waals surface area contributed by atoms with E-state index in [1.807, 2.05) is 11.0 Å². The van der Waals surface area contributed by atoms with E-state index in [2.05, 4.69) is 28.5 Å². The molecule has 8 heteroatoms. The molecular formula is C21H22ClN5O2. The van der Waals surface area contributed by atoms with Gasteiger partial charge in [-0.2, -0.15) is 5.26 Å². The zero-order chi connectivity index (χ0) is 20.3. The first kappa shape index (κ1) is 18.4. The molecule has 1 N–H and O–H groups in total. The Kier molecular flexibility index (Phi) is 4.11. The van der Waals surface area contributed by atoms with Crippen LogP contribution in [-0.2, 0) is 5.54 Å². The van der Waals surface area contributed by atoms with Crippen LogP contribution in [0.25, 0.3) is 0 Å². The van der Waals surface area contributed by atoms with Crippen LogP contribution in [0.2, 0.25) is 5.02 Å². The number of aromatic nitrogens is 2. The zero-order valence-electron chi connectivity index (χ0n) is 16.4. The van der Waals surface area contributed by atoms with E-state index in [1.54, 1.807) is 19.1 Å². The highest BCUT2D eigenvalue weighted by molar-refractivity contribution is 6.31. The predicted molar refractivity (Wildman–Crippen MR) is 106 cm³/mol. The Morgan fingerprint density at radius 1 is 1.38 bits per heavy atom. The number of hydrogen-bond acceptors (Lipinski definition) is 5. The van der Waals surface area contributed by atoms with Gasteiger partial charge in [0, 0.05) is 36.0 Å². The molecule has 2 aromatic rings. The minimum atomic E-state index is -0.522. The molecule has 0 radical (unpaired) electrons. The standard InChI is InChI=1S/C21H22ClN5O2/c1-11-5-15-9-21(8-11,19-26-25-12(2)29-19)27(15)20(28)24-14-3-4-18(22)17(7-14)16-6-13(16)10-23/h3-4,7,11,13,15-16H,5-6,8-9H2,1-2H3,(H,24,28). The van der Waals surface area contributed by atoms with Gasteiger partial charge in [0.05, 0.1) is 12.0 Å². The first-order valence-corrected chi connectivity index (χ1v) is 10.4. The van der Waals surface area contributed by atoms with E-state index < -0.39 is 5.54 Å². The number of amides is 2. The maximum atomic E-state index is 13.2. The van der Waals surface area contributed by atoms with E-state index in [1.165, 1.54) is 0 Å². The molecule has 29 heavy (non-hydrogen) atoms. The van der Waals surface area contributed by atoms with Crippen molar-refractivity contribution in [1.29, 1.82) is 5.26 Å². The average molecular weight is 412 g/mol. The van der Waals surface area contributed by atoms with Crippen LogP contribution in [0, 0.1) is 30.1 Å². The van der Waals surface area contributed by atoms with Crippen molar-refractivity contribution in [2.75, 3.05) is 5.32 Å². The van der Waals surface area contributed by atoms with Crippen LogP contribution in [0.5, 0.6) is 0 Å². The number of nitriles is 1. The van der Waals surface area contributed by atoms with Crippen molar-refractivity contribution in [3.05, 3.63) is 40.6 Å². The van der Waals surface area contributed by atoms with Gasteiger partial charge in [0.25, 0.3) is 0 Å². The second-order valence-corrected chi connectivity index (χ2v) is 9.08. The molecule has 1 aromatic heterocycles. The van der Waals surface area contributed by atoms with Gasteiger partial charge in [0.15, 0.2) is 0 Å². The quantitative estimate of drug-likeness (QED) is 0.796. The smallest absolute Gasteiger partial charge is 0.322 e. The molecule has 3 aliphatic rings. The molecular weight excluding hydrogens is 390 g/mol. The number of piperidine rings is 1. The van der Waals surface area contributed by atoms with Gasteiger partial charge in [-0.25, -0.2) is 4.79 Å². The number of carbonyl (C=O) groups excluding carboxylic acids is 1. The fraction of sp³-hybridized carbons (Fsp3) is 0.524. The summed E-state index contributed by atoms with van der Waals surface area (Å²) in [5, 5.41) is 21.0. The van der Waals surface area contributed by atoms with Crippen molar-refractivity contribution in [2.45, 2.75) is 57.0 Å². The normalized spacial score (nSPS) is 32.3. The van der Waals surface area contributed by atoms with Crippen LogP contribution in [0.4, 0.5) is 10.5 Å². The van der Waals surface area contributed by atoms with Crippen molar-refractivity contribution in [2.24, 2.45) is 11.8 Å².